The highest BCUT2D eigenvalue weighted by Crippen LogP contribution is 2.31. The SMILES string of the molecule is CNc1cncc(C(=O)NC2CCC(C)C2C)n1. The van der Waals surface area contributed by atoms with E-state index in [0.717, 1.165) is 6.42 Å². The van der Waals surface area contributed by atoms with Crippen LogP contribution in [0.4, 0.5) is 5.82 Å². The Labute approximate surface area is 107 Å². The number of amides is 1. The molecule has 3 unspecified atom stereocenters. The van der Waals surface area contributed by atoms with Crippen molar-refractivity contribution in [2.24, 2.45) is 11.8 Å². The van der Waals surface area contributed by atoms with Crippen molar-refractivity contribution < 1.29 is 4.79 Å². The first-order chi connectivity index (χ1) is 8.61. The van der Waals surface area contributed by atoms with Crippen LogP contribution in [0.25, 0.3) is 0 Å². The normalized spacial score (nSPS) is 26.9. The fourth-order valence-corrected chi connectivity index (χ4v) is 2.41. The zero-order valence-corrected chi connectivity index (χ0v) is 11.1. The summed E-state index contributed by atoms with van der Waals surface area (Å²) in [4.78, 5) is 20.3. The van der Waals surface area contributed by atoms with Gasteiger partial charge in [0.2, 0.25) is 0 Å². The monoisotopic (exact) mass is 248 g/mol. The van der Waals surface area contributed by atoms with E-state index in [2.05, 4.69) is 34.4 Å². The van der Waals surface area contributed by atoms with Crippen LogP contribution in [0.1, 0.15) is 37.2 Å². The van der Waals surface area contributed by atoms with E-state index < -0.39 is 0 Å². The number of anilines is 1. The van der Waals surface area contributed by atoms with Gasteiger partial charge in [0, 0.05) is 13.1 Å². The van der Waals surface area contributed by atoms with Crippen LogP contribution in [-0.2, 0) is 0 Å². The molecule has 1 fully saturated rings. The third-order valence-corrected chi connectivity index (χ3v) is 3.91. The van der Waals surface area contributed by atoms with E-state index >= 15 is 0 Å². The minimum atomic E-state index is -0.134. The molecule has 1 saturated carbocycles. The molecule has 1 heterocycles. The molecule has 2 N–H and O–H groups in total. The number of carbonyl (C=O) groups is 1. The summed E-state index contributed by atoms with van der Waals surface area (Å²) >= 11 is 0. The van der Waals surface area contributed by atoms with Crippen LogP contribution < -0.4 is 10.6 Å². The molecule has 3 atom stereocenters. The van der Waals surface area contributed by atoms with E-state index in [1.807, 2.05) is 0 Å². The highest BCUT2D eigenvalue weighted by atomic mass is 16.2. The Morgan fingerprint density at radius 2 is 2.11 bits per heavy atom. The molecule has 98 valence electrons. The number of carbonyl (C=O) groups excluding carboxylic acids is 1. The Bertz CT molecular complexity index is 435. The van der Waals surface area contributed by atoms with E-state index in [1.54, 1.807) is 13.2 Å². The first-order valence-corrected chi connectivity index (χ1v) is 6.42. The van der Waals surface area contributed by atoms with Crippen LogP contribution in [0.15, 0.2) is 12.4 Å². The lowest BCUT2D eigenvalue weighted by atomic mass is 9.98. The Balaban J connectivity index is 2.03. The number of aromatic nitrogens is 2. The predicted octanol–water partition coefficient (Wildman–Crippen LogP) is 1.68. The number of hydrogen-bond acceptors (Lipinski definition) is 4. The second-order valence-corrected chi connectivity index (χ2v) is 5.03. The molecule has 0 spiro atoms. The largest absolute Gasteiger partial charge is 0.372 e. The molecule has 1 aromatic rings. The molecule has 1 aromatic heterocycles. The van der Waals surface area contributed by atoms with E-state index in [1.165, 1.54) is 12.6 Å². The maximum atomic E-state index is 12.1. The predicted molar refractivity (Wildman–Crippen MR) is 70.4 cm³/mol. The summed E-state index contributed by atoms with van der Waals surface area (Å²) < 4.78 is 0. The molecule has 0 aliphatic heterocycles. The summed E-state index contributed by atoms with van der Waals surface area (Å²) in [5.74, 6) is 1.67. The van der Waals surface area contributed by atoms with E-state index in [4.69, 9.17) is 0 Å². The number of nitrogens with zero attached hydrogens (tertiary/aromatic N) is 2. The van der Waals surface area contributed by atoms with Crippen LogP contribution in [0, 0.1) is 11.8 Å². The lowest BCUT2D eigenvalue weighted by Crippen LogP contribution is -2.37. The lowest BCUT2D eigenvalue weighted by Gasteiger charge is -2.19. The van der Waals surface area contributed by atoms with Crippen molar-refractivity contribution in [3.63, 3.8) is 0 Å². The number of rotatable bonds is 3. The van der Waals surface area contributed by atoms with Crippen LogP contribution in [-0.4, -0.2) is 29.0 Å². The molecule has 0 saturated heterocycles. The zero-order chi connectivity index (χ0) is 13.1. The standard InChI is InChI=1S/C13H20N4O/c1-8-4-5-10(9(8)2)17-13(18)11-6-15-7-12(14-3)16-11/h6-10H,4-5H2,1-3H3,(H,14,16)(H,17,18). The smallest absolute Gasteiger partial charge is 0.271 e. The molecule has 0 radical (unpaired) electrons. The Morgan fingerprint density at radius 3 is 2.72 bits per heavy atom. The molecule has 1 aliphatic carbocycles. The van der Waals surface area contributed by atoms with Crippen molar-refractivity contribution in [1.82, 2.24) is 15.3 Å². The molecule has 1 aliphatic rings. The maximum Gasteiger partial charge on any atom is 0.271 e. The van der Waals surface area contributed by atoms with Gasteiger partial charge in [0.05, 0.1) is 12.4 Å². The van der Waals surface area contributed by atoms with Crippen LogP contribution in [0.3, 0.4) is 0 Å². The van der Waals surface area contributed by atoms with Gasteiger partial charge in [-0.3, -0.25) is 9.78 Å². The van der Waals surface area contributed by atoms with Crippen LogP contribution in [0.2, 0.25) is 0 Å². The Hall–Kier alpha value is -1.65. The molecule has 1 amide bonds. The van der Waals surface area contributed by atoms with E-state index in [0.29, 0.717) is 23.3 Å². The van der Waals surface area contributed by atoms with Crippen molar-refractivity contribution in [2.45, 2.75) is 32.7 Å². The fraction of sp³-hybridized carbons (Fsp3) is 0.615. The van der Waals surface area contributed by atoms with Crippen molar-refractivity contribution in [1.29, 1.82) is 0 Å². The fourth-order valence-electron chi connectivity index (χ4n) is 2.41. The van der Waals surface area contributed by atoms with Gasteiger partial charge in [-0.1, -0.05) is 13.8 Å². The summed E-state index contributed by atoms with van der Waals surface area (Å²) in [6.45, 7) is 4.43. The van der Waals surface area contributed by atoms with Gasteiger partial charge in [-0.15, -0.1) is 0 Å². The Kier molecular flexibility index (Phi) is 3.79. The molecule has 2 rings (SSSR count). The Morgan fingerprint density at radius 1 is 1.33 bits per heavy atom. The minimum absolute atomic E-state index is 0.134. The molecule has 0 bridgehead atoms. The van der Waals surface area contributed by atoms with Crippen molar-refractivity contribution in [2.75, 3.05) is 12.4 Å². The highest BCUT2D eigenvalue weighted by Gasteiger charge is 2.31. The van der Waals surface area contributed by atoms with Crippen molar-refractivity contribution in [3.05, 3.63) is 18.1 Å². The quantitative estimate of drug-likeness (QED) is 0.854. The van der Waals surface area contributed by atoms with Gasteiger partial charge in [0.25, 0.3) is 5.91 Å². The summed E-state index contributed by atoms with van der Waals surface area (Å²) in [5.41, 5.74) is 0.369. The first kappa shape index (κ1) is 12.8. The van der Waals surface area contributed by atoms with Gasteiger partial charge in [-0.05, 0) is 24.7 Å². The van der Waals surface area contributed by atoms with Gasteiger partial charge in [0.1, 0.15) is 11.5 Å². The molecule has 0 aromatic carbocycles. The van der Waals surface area contributed by atoms with Crippen LogP contribution >= 0.6 is 0 Å². The summed E-state index contributed by atoms with van der Waals surface area (Å²) in [5, 5.41) is 5.94. The summed E-state index contributed by atoms with van der Waals surface area (Å²) in [6, 6.07) is 0.257. The molecule has 18 heavy (non-hydrogen) atoms. The van der Waals surface area contributed by atoms with Crippen LogP contribution in [0.5, 0.6) is 0 Å². The minimum Gasteiger partial charge on any atom is -0.372 e. The zero-order valence-electron chi connectivity index (χ0n) is 11.1. The first-order valence-electron chi connectivity index (χ1n) is 6.42. The van der Waals surface area contributed by atoms with Gasteiger partial charge < -0.3 is 10.6 Å². The highest BCUT2D eigenvalue weighted by molar-refractivity contribution is 5.92. The maximum absolute atomic E-state index is 12.1. The number of nitrogens with one attached hydrogen (secondary N) is 2. The second-order valence-electron chi connectivity index (χ2n) is 5.03. The van der Waals surface area contributed by atoms with Gasteiger partial charge >= 0.3 is 0 Å². The van der Waals surface area contributed by atoms with E-state index in [9.17, 15) is 4.79 Å². The topological polar surface area (TPSA) is 66.9 Å². The average Bonchev–Trinajstić information content (AvgIpc) is 2.71. The van der Waals surface area contributed by atoms with Gasteiger partial charge in [0.15, 0.2) is 0 Å². The molecule has 5 nitrogen and oxygen atoms in total. The molecule has 5 heteroatoms. The summed E-state index contributed by atoms with van der Waals surface area (Å²) in [7, 11) is 1.76. The lowest BCUT2D eigenvalue weighted by molar-refractivity contribution is 0.0922. The second kappa shape index (κ2) is 5.33. The summed E-state index contributed by atoms with van der Waals surface area (Å²) in [6.07, 6.45) is 5.32. The van der Waals surface area contributed by atoms with Gasteiger partial charge in [-0.25, -0.2) is 4.98 Å². The van der Waals surface area contributed by atoms with Gasteiger partial charge in [-0.2, -0.15) is 0 Å². The third-order valence-electron chi connectivity index (χ3n) is 3.91. The third kappa shape index (κ3) is 2.60. The van der Waals surface area contributed by atoms with Crippen molar-refractivity contribution >= 4 is 11.7 Å². The average molecular weight is 248 g/mol. The molecular formula is C13H20N4O. The van der Waals surface area contributed by atoms with E-state index in [-0.39, 0.29) is 11.9 Å². The molecular weight excluding hydrogens is 228 g/mol. The van der Waals surface area contributed by atoms with Crippen molar-refractivity contribution in [3.8, 4) is 0 Å². The number of hydrogen-bond donors (Lipinski definition) is 2.